The minimum atomic E-state index is -0.134. The average Bonchev–Trinajstić information content (AvgIpc) is 3.49. The Kier molecular flexibility index (Phi) is 5.54. The number of rotatable bonds is 6. The van der Waals surface area contributed by atoms with Gasteiger partial charge in [0.25, 0.3) is 5.91 Å². The van der Waals surface area contributed by atoms with Crippen molar-refractivity contribution in [2.24, 2.45) is 0 Å². The molecule has 9 heteroatoms. The zero-order valence-corrected chi connectivity index (χ0v) is 18.2. The molecular weight excluding hydrogens is 433 g/mol. The number of carbonyl (C=O) groups excluding carboxylic acids is 1. The number of hydrogen-bond acceptors (Lipinski definition) is 6. The van der Waals surface area contributed by atoms with Crippen molar-refractivity contribution in [2.45, 2.75) is 6.54 Å². The molecule has 0 aliphatic heterocycles. The Labute approximate surface area is 195 Å². The Balaban J connectivity index is 1.41. The van der Waals surface area contributed by atoms with Gasteiger partial charge < -0.3 is 15.7 Å². The molecule has 2 aromatic carbocycles. The van der Waals surface area contributed by atoms with Crippen LogP contribution in [0, 0.1) is 0 Å². The maximum Gasteiger partial charge on any atom is 0.265 e. The second-order valence-electron chi connectivity index (χ2n) is 7.36. The summed E-state index contributed by atoms with van der Waals surface area (Å²) in [5.74, 6) is 0.667. The summed E-state index contributed by atoms with van der Waals surface area (Å²) in [4.78, 5) is 17.6. The first-order chi connectivity index (χ1) is 16.1. The van der Waals surface area contributed by atoms with Crippen LogP contribution in [-0.4, -0.2) is 33.5 Å². The molecular formula is C24H18BN5O2S. The van der Waals surface area contributed by atoms with Gasteiger partial charge in [-0.05, 0) is 46.7 Å². The van der Waals surface area contributed by atoms with Gasteiger partial charge in [-0.25, -0.2) is 4.98 Å². The van der Waals surface area contributed by atoms with Gasteiger partial charge in [-0.1, -0.05) is 30.3 Å². The van der Waals surface area contributed by atoms with Crippen LogP contribution in [0.1, 0.15) is 15.2 Å². The molecule has 0 aliphatic carbocycles. The Hall–Kier alpha value is -4.11. The smallest absolute Gasteiger partial charge is 0.265 e. The van der Waals surface area contributed by atoms with Crippen LogP contribution in [0.2, 0.25) is 0 Å². The molecule has 2 radical (unpaired) electrons. The van der Waals surface area contributed by atoms with Gasteiger partial charge in [-0.15, -0.1) is 11.3 Å². The lowest BCUT2D eigenvalue weighted by Gasteiger charge is -2.13. The van der Waals surface area contributed by atoms with Crippen molar-refractivity contribution in [2.75, 3.05) is 10.6 Å². The summed E-state index contributed by atoms with van der Waals surface area (Å²) < 4.78 is 1.63. The Morgan fingerprint density at radius 3 is 2.79 bits per heavy atom. The molecule has 1 amide bonds. The van der Waals surface area contributed by atoms with Crippen molar-refractivity contribution in [3.05, 3.63) is 88.7 Å². The normalized spacial score (nSPS) is 10.9. The van der Waals surface area contributed by atoms with Crippen LogP contribution < -0.4 is 16.1 Å². The minimum Gasteiger partial charge on any atom is -0.507 e. The van der Waals surface area contributed by atoms with Gasteiger partial charge in [-0.2, -0.15) is 9.61 Å². The molecule has 0 fully saturated rings. The molecule has 7 nitrogen and oxygen atoms in total. The summed E-state index contributed by atoms with van der Waals surface area (Å²) in [5, 5.41) is 22.8. The fourth-order valence-corrected chi connectivity index (χ4v) is 4.11. The molecule has 5 aromatic rings. The quantitative estimate of drug-likeness (QED) is 0.342. The van der Waals surface area contributed by atoms with E-state index in [2.05, 4.69) is 20.7 Å². The average molecular weight is 451 g/mol. The van der Waals surface area contributed by atoms with Crippen molar-refractivity contribution < 1.29 is 9.90 Å². The molecule has 0 saturated carbocycles. The fourth-order valence-electron chi connectivity index (χ4n) is 3.49. The maximum absolute atomic E-state index is 12.3. The molecule has 160 valence electrons. The number of thiophene rings is 1. The van der Waals surface area contributed by atoms with Crippen LogP contribution in [0.3, 0.4) is 0 Å². The number of phenolic OH excluding ortho intramolecular Hbond substituents is 1. The number of anilines is 2. The van der Waals surface area contributed by atoms with E-state index < -0.39 is 0 Å². The first kappa shape index (κ1) is 20.8. The van der Waals surface area contributed by atoms with Crippen molar-refractivity contribution in [3.8, 4) is 17.0 Å². The van der Waals surface area contributed by atoms with Gasteiger partial charge in [0.05, 0.1) is 10.6 Å². The Bertz CT molecular complexity index is 1450. The van der Waals surface area contributed by atoms with E-state index in [0.29, 0.717) is 45.3 Å². The minimum absolute atomic E-state index is 0.132. The highest BCUT2D eigenvalue weighted by molar-refractivity contribution is 7.12. The lowest BCUT2D eigenvalue weighted by Crippen LogP contribution is -2.11. The van der Waals surface area contributed by atoms with Crippen LogP contribution in [0.25, 0.3) is 16.9 Å². The number of nitrogens with one attached hydrogen (secondary N) is 2. The lowest BCUT2D eigenvalue weighted by molar-refractivity contribution is 0.103. The number of fused-ring (bicyclic) bond motifs is 1. The lowest BCUT2D eigenvalue weighted by atomic mass is 10.0. The van der Waals surface area contributed by atoms with E-state index in [1.165, 1.54) is 11.3 Å². The summed E-state index contributed by atoms with van der Waals surface area (Å²) in [6.45, 7) is 0.474. The van der Waals surface area contributed by atoms with E-state index in [1.807, 2.05) is 47.8 Å². The Morgan fingerprint density at radius 2 is 1.97 bits per heavy atom. The molecule has 0 unspecified atom stereocenters. The summed E-state index contributed by atoms with van der Waals surface area (Å²) in [5.41, 5.74) is 3.79. The largest absolute Gasteiger partial charge is 0.507 e. The maximum atomic E-state index is 12.3. The number of aromatic hydroxyl groups is 1. The highest BCUT2D eigenvalue weighted by Gasteiger charge is 2.13. The fraction of sp³-hybridized carbons (Fsp3) is 0.0417. The van der Waals surface area contributed by atoms with Crippen LogP contribution >= 0.6 is 11.3 Å². The van der Waals surface area contributed by atoms with Gasteiger partial charge in [0.2, 0.25) is 0 Å². The zero-order chi connectivity index (χ0) is 22.8. The summed E-state index contributed by atoms with van der Waals surface area (Å²) in [6, 6.07) is 20.1. The molecule has 5 rings (SSSR count). The van der Waals surface area contributed by atoms with E-state index >= 15 is 0 Å². The third kappa shape index (κ3) is 4.31. The predicted octanol–water partition coefficient (Wildman–Crippen LogP) is 3.82. The molecule has 3 N–H and O–H groups in total. The van der Waals surface area contributed by atoms with Crippen LogP contribution in [0.5, 0.6) is 5.75 Å². The molecule has 0 saturated heterocycles. The number of benzene rings is 2. The van der Waals surface area contributed by atoms with Crippen LogP contribution in [0.4, 0.5) is 11.5 Å². The van der Waals surface area contributed by atoms with Gasteiger partial charge in [0.1, 0.15) is 19.4 Å². The van der Waals surface area contributed by atoms with E-state index in [-0.39, 0.29) is 11.7 Å². The van der Waals surface area contributed by atoms with E-state index in [4.69, 9.17) is 7.85 Å². The van der Waals surface area contributed by atoms with Gasteiger partial charge in [0, 0.05) is 30.1 Å². The highest BCUT2D eigenvalue weighted by atomic mass is 32.1. The molecule has 33 heavy (non-hydrogen) atoms. The second-order valence-corrected chi connectivity index (χ2v) is 8.31. The number of amides is 1. The molecule has 0 spiro atoms. The van der Waals surface area contributed by atoms with Crippen LogP contribution in [0.15, 0.2) is 78.3 Å². The third-order valence-corrected chi connectivity index (χ3v) is 5.95. The number of phenols is 1. The summed E-state index contributed by atoms with van der Waals surface area (Å²) in [7, 11) is 6.07. The first-order valence-corrected chi connectivity index (χ1v) is 11.1. The highest BCUT2D eigenvalue weighted by Crippen LogP contribution is 2.29. The molecule has 0 aliphatic rings. The number of carbonyl (C=O) groups is 1. The monoisotopic (exact) mass is 451 g/mol. The second kappa shape index (κ2) is 8.80. The number of nitrogens with zero attached hydrogens (tertiary/aromatic N) is 3. The molecule has 3 heterocycles. The standard InChI is InChI=1S/C24H18BN5O2S/c25-18-14-27-30-22(12-19(29-23(18)30)17-7-1-2-8-20(17)31)26-13-15-5-3-6-16(11-15)28-24(32)21-9-4-10-33-21/h1-12,14,26,31H,13H2,(H,28,32). The SMILES string of the molecule is [B]c1cnn2c(NCc3cccc(NC(=O)c4cccs4)c3)cc(-c3ccccc3O)nc12. The van der Waals surface area contributed by atoms with E-state index in [1.54, 1.807) is 35.0 Å². The van der Waals surface area contributed by atoms with E-state index in [0.717, 1.165) is 5.56 Å². The first-order valence-electron chi connectivity index (χ1n) is 10.2. The molecule has 3 aromatic heterocycles. The zero-order valence-electron chi connectivity index (χ0n) is 17.4. The number of aromatic nitrogens is 3. The molecule has 0 bridgehead atoms. The summed E-state index contributed by atoms with van der Waals surface area (Å²) in [6.07, 6.45) is 1.54. The van der Waals surface area contributed by atoms with Crippen molar-refractivity contribution >= 4 is 47.7 Å². The van der Waals surface area contributed by atoms with Gasteiger partial charge >= 0.3 is 0 Å². The van der Waals surface area contributed by atoms with Crippen molar-refractivity contribution in [1.29, 1.82) is 0 Å². The number of hydrogen-bond donors (Lipinski definition) is 3. The summed E-state index contributed by atoms with van der Waals surface area (Å²) >= 11 is 1.40. The number of para-hydroxylation sites is 1. The van der Waals surface area contributed by atoms with Crippen molar-refractivity contribution in [1.82, 2.24) is 14.6 Å². The van der Waals surface area contributed by atoms with Gasteiger partial charge in [-0.3, -0.25) is 4.79 Å². The molecule has 0 atom stereocenters. The predicted molar refractivity (Wildman–Crippen MR) is 132 cm³/mol. The van der Waals surface area contributed by atoms with Gasteiger partial charge in [0.15, 0.2) is 5.65 Å². The van der Waals surface area contributed by atoms with Crippen LogP contribution in [-0.2, 0) is 6.54 Å². The topological polar surface area (TPSA) is 91.5 Å². The van der Waals surface area contributed by atoms with Crippen molar-refractivity contribution in [3.63, 3.8) is 0 Å². The van der Waals surface area contributed by atoms with E-state index in [9.17, 15) is 9.90 Å². The Morgan fingerprint density at radius 1 is 1.09 bits per heavy atom. The third-order valence-electron chi connectivity index (χ3n) is 5.08.